The first kappa shape index (κ1) is 19.0. The first-order valence-electron chi connectivity index (χ1n) is 8.68. The van der Waals surface area contributed by atoms with Gasteiger partial charge in [-0.2, -0.15) is 0 Å². The highest BCUT2D eigenvalue weighted by molar-refractivity contribution is 7.83. The molecule has 113 valence electrons. The standard InChI is InChI=1S/C18H35S/c1-2-3-4-5-6-7-8-9-10-11-12-13-14-15-16-17-18-19/h17-18H,2-16H2,1H3. The summed E-state index contributed by atoms with van der Waals surface area (Å²) in [4.78, 5) is 0. The number of hydrogen-bond acceptors (Lipinski definition) is 0. The molecule has 0 fully saturated rings. The molecule has 0 N–H and O–H groups in total. The van der Waals surface area contributed by atoms with E-state index in [9.17, 15) is 0 Å². The smallest absolute Gasteiger partial charge is 0.00265 e. The van der Waals surface area contributed by atoms with Gasteiger partial charge >= 0.3 is 0 Å². The fourth-order valence-electron chi connectivity index (χ4n) is 2.52. The Hall–Kier alpha value is -0.0400. The van der Waals surface area contributed by atoms with E-state index in [0.29, 0.717) is 0 Å². The molecular weight excluding hydrogens is 248 g/mol. The van der Waals surface area contributed by atoms with Crippen LogP contribution in [0.25, 0.3) is 0 Å². The molecule has 1 heteroatoms. The van der Waals surface area contributed by atoms with Crippen molar-refractivity contribution in [1.82, 2.24) is 0 Å². The monoisotopic (exact) mass is 283 g/mol. The van der Waals surface area contributed by atoms with Crippen molar-refractivity contribution in [1.29, 1.82) is 0 Å². The number of unbranched alkanes of at least 4 members (excludes halogenated alkanes) is 14. The molecular formula is C18H35S. The molecule has 0 bridgehead atoms. The van der Waals surface area contributed by atoms with Gasteiger partial charge in [-0.05, 0) is 18.2 Å². The Morgan fingerprint density at radius 1 is 0.579 bits per heavy atom. The summed E-state index contributed by atoms with van der Waals surface area (Å²) in [6.45, 7) is 2.29. The average molecular weight is 284 g/mol. The van der Waals surface area contributed by atoms with Crippen molar-refractivity contribution < 1.29 is 0 Å². The zero-order valence-corrected chi connectivity index (χ0v) is 14.0. The van der Waals surface area contributed by atoms with E-state index >= 15 is 0 Å². The van der Waals surface area contributed by atoms with E-state index in [1.807, 2.05) is 0 Å². The van der Waals surface area contributed by atoms with Crippen LogP contribution in [0.2, 0.25) is 0 Å². The third-order valence-electron chi connectivity index (χ3n) is 3.82. The maximum absolute atomic E-state index is 4.77. The predicted molar refractivity (Wildman–Crippen MR) is 91.7 cm³/mol. The van der Waals surface area contributed by atoms with Crippen LogP contribution >= 0.6 is 12.6 Å². The van der Waals surface area contributed by atoms with Gasteiger partial charge in [0.15, 0.2) is 0 Å². The van der Waals surface area contributed by atoms with E-state index in [2.05, 4.69) is 13.0 Å². The van der Waals surface area contributed by atoms with Crippen molar-refractivity contribution in [2.45, 2.75) is 103 Å². The lowest BCUT2D eigenvalue weighted by molar-refractivity contribution is 0.536. The maximum Gasteiger partial charge on any atom is -0.00265 e. The van der Waals surface area contributed by atoms with Gasteiger partial charge in [0.05, 0.1) is 0 Å². The summed E-state index contributed by atoms with van der Waals surface area (Å²) < 4.78 is 0. The van der Waals surface area contributed by atoms with E-state index in [0.717, 1.165) is 0 Å². The minimum atomic E-state index is 1.18. The molecule has 0 aromatic heterocycles. The van der Waals surface area contributed by atoms with Gasteiger partial charge in [-0.15, -0.1) is 0 Å². The van der Waals surface area contributed by atoms with Crippen molar-refractivity contribution in [3.05, 3.63) is 11.5 Å². The first-order chi connectivity index (χ1) is 9.41. The molecule has 0 nitrogen and oxygen atoms in total. The van der Waals surface area contributed by atoms with Crippen LogP contribution in [0.3, 0.4) is 0 Å². The molecule has 0 saturated heterocycles. The highest BCUT2D eigenvalue weighted by atomic mass is 32.1. The molecule has 0 rings (SSSR count). The number of hydrogen-bond donors (Lipinski definition) is 0. The fourth-order valence-corrected chi connectivity index (χ4v) is 2.66. The Balaban J connectivity index is 2.91. The minimum absolute atomic E-state index is 1.18. The number of rotatable bonds is 15. The van der Waals surface area contributed by atoms with E-state index in [1.54, 1.807) is 5.41 Å². The zero-order chi connectivity index (χ0) is 14.0. The van der Waals surface area contributed by atoms with Gasteiger partial charge in [-0.1, -0.05) is 109 Å². The minimum Gasteiger partial charge on any atom is -0.0891 e. The van der Waals surface area contributed by atoms with E-state index in [1.165, 1.54) is 96.3 Å². The van der Waals surface area contributed by atoms with Crippen LogP contribution < -0.4 is 0 Å². The molecule has 0 aliphatic rings. The summed E-state index contributed by atoms with van der Waals surface area (Å²) >= 11 is 4.77. The molecule has 0 aliphatic heterocycles. The number of allylic oxidation sites excluding steroid dienone is 1. The Morgan fingerprint density at radius 2 is 0.947 bits per heavy atom. The van der Waals surface area contributed by atoms with Crippen molar-refractivity contribution in [2.75, 3.05) is 0 Å². The lowest BCUT2D eigenvalue weighted by atomic mass is 10.0. The Kier molecular flexibility index (Phi) is 17.9. The lowest BCUT2D eigenvalue weighted by Crippen LogP contribution is -1.83. The molecule has 0 aliphatic carbocycles. The zero-order valence-electron chi connectivity index (χ0n) is 13.2. The molecule has 0 amide bonds. The largest absolute Gasteiger partial charge is 0.0891 e. The van der Waals surface area contributed by atoms with Crippen LogP contribution in [0.15, 0.2) is 11.5 Å². The summed E-state index contributed by atoms with van der Waals surface area (Å²) in [5.74, 6) is 0. The Morgan fingerprint density at radius 3 is 1.32 bits per heavy atom. The topological polar surface area (TPSA) is 0 Å². The molecule has 0 saturated carbocycles. The lowest BCUT2D eigenvalue weighted by Gasteiger charge is -2.02. The average Bonchev–Trinajstić information content (AvgIpc) is 2.43. The van der Waals surface area contributed by atoms with Gasteiger partial charge in [0.1, 0.15) is 0 Å². The van der Waals surface area contributed by atoms with Gasteiger partial charge < -0.3 is 0 Å². The maximum atomic E-state index is 4.77. The van der Waals surface area contributed by atoms with Crippen LogP contribution in [-0.2, 0) is 0 Å². The van der Waals surface area contributed by atoms with E-state index in [-0.39, 0.29) is 0 Å². The van der Waals surface area contributed by atoms with Crippen molar-refractivity contribution in [2.24, 2.45) is 0 Å². The third-order valence-corrected chi connectivity index (χ3v) is 4.01. The quantitative estimate of drug-likeness (QED) is 0.272. The third kappa shape index (κ3) is 18.0. The van der Waals surface area contributed by atoms with E-state index < -0.39 is 0 Å². The van der Waals surface area contributed by atoms with Crippen molar-refractivity contribution in [3.63, 3.8) is 0 Å². The van der Waals surface area contributed by atoms with Crippen LogP contribution in [0.1, 0.15) is 103 Å². The summed E-state index contributed by atoms with van der Waals surface area (Å²) in [7, 11) is 0. The summed E-state index contributed by atoms with van der Waals surface area (Å²) in [6, 6.07) is 0. The second-order valence-electron chi connectivity index (χ2n) is 5.76. The Labute approximate surface area is 127 Å². The van der Waals surface area contributed by atoms with Crippen LogP contribution in [-0.4, -0.2) is 0 Å². The fraction of sp³-hybridized carbons (Fsp3) is 0.889. The molecule has 0 spiro atoms. The summed E-state index contributed by atoms with van der Waals surface area (Å²) in [6.07, 6.45) is 23.4. The Bertz CT molecular complexity index is 175. The highest BCUT2D eigenvalue weighted by Gasteiger charge is 1.93. The second-order valence-corrected chi connectivity index (χ2v) is 6.03. The highest BCUT2D eigenvalue weighted by Crippen LogP contribution is 2.13. The summed E-state index contributed by atoms with van der Waals surface area (Å²) in [5.41, 5.74) is 0. The van der Waals surface area contributed by atoms with Crippen LogP contribution in [0.4, 0.5) is 0 Å². The van der Waals surface area contributed by atoms with Crippen molar-refractivity contribution >= 4 is 12.6 Å². The van der Waals surface area contributed by atoms with Crippen LogP contribution in [0.5, 0.6) is 0 Å². The van der Waals surface area contributed by atoms with Gasteiger partial charge in [0, 0.05) is 0 Å². The normalized spacial score (nSPS) is 11.4. The molecule has 0 unspecified atom stereocenters. The van der Waals surface area contributed by atoms with Gasteiger partial charge in [-0.3, -0.25) is 0 Å². The first-order valence-corrected chi connectivity index (χ1v) is 9.16. The molecule has 0 aromatic carbocycles. The SMILES string of the molecule is CCCCCCCCCCCCCCCCC=C[S]. The predicted octanol–water partition coefficient (Wildman–Crippen LogP) is 7.57. The molecule has 1 radical (unpaired) electrons. The van der Waals surface area contributed by atoms with Gasteiger partial charge in [-0.25, -0.2) is 0 Å². The molecule has 0 heterocycles. The molecule has 19 heavy (non-hydrogen) atoms. The van der Waals surface area contributed by atoms with Crippen molar-refractivity contribution in [3.8, 4) is 0 Å². The summed E-state index contributed by atoms with van der Waals surface area (Å²) in [5, 5.41) is 1.75. The van der Waals surface area contributed by atoms with Gasteiger partial charge in [0.2, 0.25) is 0 Å². The van der Waals surface area contributed by atoms with Gasteiger partial charge in [0.25, 0.3) is 0 Å². The second kappa shape index (κ2) is 18.0. The molecule has 0 atom stereocenters. The molecule has 0 aromatic rings. The van der Waals surface area contributed by atoms with E-state index in [4.69, 9.17) is 12.6 Å². The van der Waals surface area contributed by atoms with Crippen LogP contribution in [0, 0.1) is 0 Å².